The zero-order valence-corrected chi connectivity index (χ0v) is 11.6. The molecule has 3 aromatic rings. The fraction of sp³-hybridized carbons (Fsp3) is 0.143. The minimum Gasteiger partial charge on any atom is -0.497 e. The number of benzene rings is 1. The van der Waals surface area contributed by atoms with Crippen LogP contribution in [0.25, 0.3) is 16.9 Å². The molecule has 2 heterocycles. The molecule has 7 nitrogen and oxygen atoms in total. The number of H-pyrrole nitrogens is 1. The lowest BCUT2D eigenvalue weighted by molar-refractivity contribution is 0.395. The van der Waals surface area contributed by atoms with Gasteiger partial charge in [-0.05, 0) is 12.1 Å². The number of nitrogens with one attached hydrogen (secondary N) is 1. The lowest BCUT2D eigenvalue weighted by Crippen LogP contribution is -2.18. The quantitative estimate of drug-likeness (QED) is 0.756. The van der Waals surface area contributed by atoms with Crippen molar-refractivity contribution in [3.63, 3.8) is 0 Å². The van der Waals surface area contributed by atoms with E-state index in [2.05, 4.69) is 10.1 Å². The average Bonchev–Trinajstić information content (AvgIpc) is 2.95. The number of anilines is 1. The van der Waals surface area contributed by atoms with Crippen LogP contribution in [0.2, 0.25) is 0 Å². The number of methoxy groups -OCH3 is 2. The molecule has 0 bridgehead atoms. The highest BCUT2D eigenvalue weighted by Gasteiger charge is 2.12. The molecule has 0 saturated carbocycles. The molecule has 0 atom stereocenters. The van der Waals surface area contributed by atoms with E-state index in [-0.39, 0.29) is 11.2 Å². The van der Waals surface area contributed by atoms with E-state index in [0.29, 0.717) is 22.8 Å². The summed E-state index contributed by atoms with van der Waals surface area (Å²) in [6.45, 7) is 0. The van der Waals surface area contributed by atoms with E-state index in [4.69, 9.17) is 15.2 Å². The van der Waals surface area contributed by atoms with E-state index < -0.39 is 0 Å². The number of hydrogen-bond donors (Lipinski definition) is 2. The Morgan fingerprint density at radius 1 is 1.24 bits per heavy atom. The standard InChI is InChI=1S/C14H14N4O3/c1-20-8-3-4-9(12(5-8)21-2)11-6-13-16-7-10(15)14(19)18(13)17-11/h3-7,17H,15H2,1-2H3. The van der Waals surface area contributed by atoms with Crippen molar-refractivity contribution in [3.8, 4) is 22.8 Å². The monoisotopic (exact) mass is 286 g/mol. The molecule has 0 unspecified atom stereocenters. The number of hydrogen-bond acceptors (Lipinski definition) is 5. The van der Waals surface area contributed by atoms with Gasteiger partial charge >= 0.3 is 0 Å². The first-order chi connectivity index (χ1) is 10.1. The van der Waals surface area contributed by atoms with E-state index in [1.807, 2.05) is 12.1 Å². The number of nitrogens with two attached hydrogens (primary N) is 1. The van der Waals surface area contributed by atoms with Gasteiger partial charge in [0, 0.05) is 17.7 Å². The van der Waals surface area contributed by atoms with Crippen molar-refractivity contribution < 1.29 is 9.47 Å². The first-order valence-electron chi connectivity index (χ1n) is 6.22. The summed E-state index contributed by atoms with van der Waals surface area (Å²) >= 11 is 0. The summed E-state index contributed by atoms with van der Waals surface area (Å²) in [4.78, 5) is 16.1. The van der Waals surface area contributed by atoms with Gasteiger partial charge in [-0.15, -0.1) is 0 Å². The molecule has 0 amide bonds. The number of aromatic amines is 1. The maximum atomic E-state index is 11.9. The van der Waals surface area contributed by atoms with Gasteiger partial charge in [-0.3, -0.25) is 9.89 Å². The summed E-state index contributed by atoms with van der Waals surface area (Å²) in [5.41, 5.74) is 7.30. The Kier molecular flexibility index (Phi) is 3.02. The zero-order valence-electron chi connectivity index (χ0n) is 11.6. The zero-order chi connectivity index (χ0) is 15.0. The molecule has 3 rings (SSSR count). The van der Waals surface area contributed by atoms with Gasteiger partial charge in [0.2, 0.25) is 0 Å². The van der Waals surface area contributed by atoms with Crippen molar-refractivity contribution in [1.82, 2.24) is 14.6 Å². The summed E-state index contributed by atoms with van der Waals surface area (Å²) in [7, 11) is 3.16. The molecule has 0 aliphatic rings. The largest absolute Gasteiger partial charge is 0.497 e. The maximum Gasteiger partial charge on any atom is 0.295 e. The highest BCUT2D eigenvalue weighted by atomic mass is 16.5. The SMILES string of the molecule is COc1ccc(-c2cc3ncc(N)c(=O)n3[nH]2)c(OC)c1. The molecule has 0 saturated heterocycles. The normalized spacial score (nSPS) is 10.8. The third kappa shape index (κ3) is 2.08. The van der Waals surface area contributed by atoms with E-state index in [1.54, 1.807) is 26.4 Å². The van der Waals surface area contributed by atoms with Crippen molar-refractivity contribution in [2.45, 2.75) is 0 Å². The van der Waals surface area contributed by atoms with Crippen LogP contribution in [0.4, 0.5) is 5.69 Å². The van der Waals surface area contributed by atoms with Crippen molar-refractivity contribution in [2.75, 3.05) is 20.0 Å². The summed E-state index contributed by atoms with van der Waals surface area (Å²) in [6, 6.07) is 7.18. The Hall–Kier alpha value is -2.96. The van der Waals surface area contributed by atoms with Gasteiger partial charge in [-0.2, -0.15) is 4.52 Å². The van der Waals surface area contributed by atoms with E-state index in [0.717, 1.165) is 5.56 Å². The van der Waals surface area contributed by atoms with Crippen LogP contribution in [-0.4, -0.2) is 28.8 Å². The average molecular weight is 286 g/mol. The lowest BCUT2D eigenvalue weighted by atomic mass is 10.1. The number of nitrogens with zero attached hydrogens (tertiary/aromatic N) is 2. The van der Waals surface area contributed by atoms with Crippen LogP contribution in [-0.2, 0) is 0 Å². The molecule has 108 valence electrons. The lowest BCUT2D eigenvalue weighted by Gasteiger charge is -2.08. The summed E-state index contributed by atoms with van der Waals surface area (Å²) in [5, 5.41) is 2.97. The Morgan fingerprint density at radius 2 is 2.05 bits per heavy atom. The smallest absolute Gasteiger partial charge is 0.295 e. The molecule has 0 spiro atoms. The topological polar surface area (TPSA) is 94.6 Å². The second-order valence-corrected chi connectivity index (χ2v) is 4.45. The molecular formula is C14H14N4O3. The summed E-state index contributed by atoms with van der Waals surface area (Å²) in [5.74, 6) is 1.31. The first kappa shape index (κ1) is 13.0. The fourth-order valence-corrected chi connectivity index (χ4v) is 2.13. The molecule has 0 radical (unpaired) electrons. The minimum atomic E-state index is -0.335. The van der Waals surface area contributed by atoms with Gasteiger partial charge in [-0.1, -0.05) is 0 Å². The van der Waals surface area contributed by atoms with Crippen molar-refractivity contribution >= 4 is 11.3 Å². The van der Waals surface area contributed by atoms with Gasteiger partial charge in [0.15, 0.2) is 5.65 Å². The summed E-state index contributed by atoms with van der Waals surface area (Å²) < 4.78 is 11.8. The Bertz CT molecular complexity index is 866. The Labute approximate surface area is 119 Å². The summed E-state index contributed by atoms with van der Waals surface area (Å²) in [6.07, 6.45) is 1.35. The number of ether oxygens (including phenoxy) is 2. The van der Waals surface area contributed by atoms with E-state index >= 15 is 0 Å². The highest BCUT2D eigenvalue weighted by molar-refractivity contribution is 5.71. The molecule has 21 heavy (non-hydrogen) atoms. The highest BCUT2D eigenvalue weighted by Crippen LogP contribution is 2.32. The molecular weight excluding hydrogens is 272 g/mol. The molecule has 3 N–H and O–H groups in total. The van der Waals surface area contributed by atoms with Crippen LogP contribution in [0.15, 0.2) is 35.3 Å². The molecule has 0 aliphatic carbocycles. The molecule has 0 aliphatic heterocycles. The first-order valence-corrected chi connectivity index (χ1v) is 6.22. The number of fused-ring (bicyclic) bond motifs is 1. The van der Waals surface area contributed by atoms with Crippen LogP contribution in [0.5, 0.6) is 11.5 Å². The third-order valence-corrected chi connectivity index (χ3v) is 3.22. The van der Waals surface area contributed by atoms with Crippen LogP contribution in [0, 0.1) is 0 Å². The molecule has 7 heteroatoms. The van der Waals surface area contributed by atoms with Gasteiger partial charge in [0.05, 0.1) is 26.1 Å². The van der Waals surface area contributed by atoms with Crippen LogP contribution in [0.3, 0.4) is 0 Å². The minimum absolute atomic E-state index is 0.0857. The molecule has 0 fully saturated rings. The number of aromatic nitrogens is 3. The Balaban J connectivity index is 2.21. The van der Waals surface area contributed by atoms with Crippen molar-refractivity contribution in [1.29, 1.82) is 0 Å². The van der Waals surface area contributed by atoms with Crippen LogP contribution >= 0.6 is 0 Å². The van der Waals surface area contributed by atoms with Gasteiger partial charge in [0.1, 0.15) is 17.2 Å². The second kappa shape index (κ2) is 4.86. The fourth-order valence-electron chi connectivity index (χ4n) is 2.13. The number of rotatable bonds is 3. The van der Waals surface area contributed by atoms with Gasteiger partial charge in [-0.25, -0.2) is 4.98 Å². The predicted molar refractivity (Wildman–Crippen MR) is 78.8 cm³/mol. The van der Waals surface area contributed by atoms with E-state index in [9.17, 15) is 4.79 Å². The maximum absolute atomic E-state index is 11.9. The predicted octanol–water partition coefficient (Wildman–Crippen LogP) is 1.29. The van der Waals surface area contributed by atoms with Gasteiger partial charge in [0.25, 0.3) is 5.56 Å². The molecule has 1 aromatic carbocycles. The second-order valence-electron chi connectivity index (χ2n) is 4.45. The van der Waals surface area contributed by atoms with E-state index in [1.165, 1.54) is 10.7 Å². The van der Waals surface area contributed by atoms with Crippen LogP contribution < -0.4 is 20.8 Å². The molecule has 2 aromatic heterocycles. The third-order valence-electron chi connectivity index (χ3n) is 3.22. The number of nitrogen functional groups attached to an aromatic ring is 1. The van der Waals surface area contributed by atoms with Crippen molar-refractivity contribution in [3.05, 3.63) is 40.8 Å². The van der Waals surface area contributed by atoms with Gasteiger partial charge < -0.3 is 15.2 Å². The Morgan fingerprint density at radius 3 is 2.76 bits per heavy atom. The van der Waals surface area contributed by atoms with Crippen LogP contribution in [0.1, 0.15) is 0 Å². The van der Waals surface area contributed by atoms with Crippen molar-refractivity contribution in [2.24, 2.45) is 0 Å².